The summed E-state index contributed by atoms with van der Waals surface area (Å²) in [5, 5.41) is 7.32. The minimum Gasteiger partial charge on any atom is -0.342 e. The maximum Gasteiger partial charge on any atom is 0.242 e. The van der Waals surface area contributed by atoms with Gasteiger partial charge in [0.15, 0.2) is 5.78 Å². The molecular weight excluding hydrogens is 266 g/mol. The molecule has 1 aliphatic carbocycles. The maximum atomic E-state index is 12.3. The van der Waals surface area contributed by atoms with Crippen LogP contribution < -0.4 is 5.32 Å². The lowest BCUT2D eigenvalue weighted by atomic mass is 9.77. The zero-order valence-electron chi connectivity index (χ0n) is 13.2. The first kappa shape index (κ1) is 15.7. The molecule has 0 saturated heterocycles. The summed E-state index contributed by atoms with van der Waals surface area (Å²) in [7, 11) is 0. The van der Waals surface area contributed by atoms with Gasteiger partial charge in [0.2, 0.25) is 5.91 Å². The number of rotatable bonds is 5. The number of carbonyl (C=O) groups excluding carboxylic acids is 2. The van der Waals surface area contributed by atoms with E-state index in [-0.39, 0.29) is 18.2 Å². The number of ketones is 1. The van der Waals surface area contributed by atoms with Gasteiger partial charge in [0, 0.05) is 12.1 Å². The molecule has 1 aromatic rings. The topological polar surface area (TPSA) is 64.0 Å². The van der Waals surface area contributed by atoms with E-state index < -0.39 is 5.54 Å². The van der Waals surface area contributed by atoms with Gasteiger partial charge in [0.25, 0.3) is 0 Å². The Labute approximate surface area is 126 Å². The molecule has 0 aliphatic heterocycles. The summed E-state index contributed by atoms with van der Waals surface area (Å²) in [5.74, 6) is 0.0359. The lowest BCUT2D eigenvalue weighted by Crippen LogP contribution is -2.56. The van der Waals surface area contributed by atoms with Crippen LogP contribution in [0.5, 0.6) is 0 Å². The molecule has 1 heterocycles. The molecule has 2 rings (SSSR count). The molecule has 5 heteroatoms. The molecule has 0 bridgehead atoms. The number of Topliss-reactive ketones (excluding diaryl/α,β-unsaturated/α-hetero) is 1. The van der Waals surface area contributed by atoms with Crippen molar-refractivity contribution in [3.63, 3.8) is 0 Å². The Kier molecular flexibility index (Phi) is 4.80. The molecule has 0 atom stereocenters. The third-order valence-electron chi connectivity index (χ3n) is 4.34. The van der Waals surface area contributed by atoms with Crippen molar-refractivity contribution in [1.82, 2.24) is 15.1 Å². The molecule has 21 heavy (non-hydrogen) atoms. The Bertz CT molecular complexity index is 528. The molecule has 0 spiro atoms. The van der Waals surface area contributed by atoms with Crippen LogP contribution in [0.25, 0.3) is 0 Å². The summed E-state index contributed by atoms with van der Waals surface area (Å²) in [4.78, 5) is 24.7. The number of carbonyl (C=O) groups is 2. The smallest absolute Gasteiger partial charge is 0.242 e. The fourth-order valence-electron chi connectivity index (χ4n) is 3.24. The average molecular weight is 291 g/mol. The Morgan fingerprint density at radius 1 is 1.29 bits per heavy atom. The highest BCUT2D eigenvalue weighted by Gasteiger charge is 2.39. The molecule has 5 nitrogen and oxygen atoms in total. The van der Waals surface area contributed by atoms with Gasteiger partial charge < -0.3 is 5.32 Å². The largest absolute Gasteiger partial charge is 0.342 e. The third-order valence-corrected chi connectivity index (χ3v) is 4.34. The number of aromatic nitrogens is 2. The SMILES string of the molecule is CCC(=O)C1(NC(=O)Cn2nc(C)cc2C)CCCCC1. The van der Waals surface area contributed by atoms with E-state index in [1.807, 2.05) is 26.8 Å². The highest BCUT2D eigenvalue weighted by Crippen LogP contribution is 2.30. The van der Waals surface area contributed by atoms with Gasteiger partial charge in [0.1, 0.15) is 6.54 Å². The molecule has 1 aromatic heterocycles. The number of amides is 1. The number of nitrogens with one attached hydrogen (secondary N) is 1. The van der Waals surface area contributed by atoms with Crippen molar-refractivity contribution >= 4 is 11.7 Å². The van der Waals surface area contributed by atoms with Crippen LogP contribution in [0.3, 0.4) is 0 Å². The number of aryl methyl sites for hydroxylation is 2. The van der Waals surface area contributed by atoms with Gasteiger partial charge in [-0.3, -0.25) is 14.3 Å². The summed E-state index contributed by atoms with van der Waals surface area (Å²) in [6.45, 7) is 5.88. The van der Waals surface area contributed by atoms with Gasteiger partial charge in [-0.05, 0) is 32.8 Å². The number of hydrogen-bond donors (Lipinski definition) is 1. The van der Waals surface area contributed by atoms with E-state index in [1.54, 1.807) is 4.68 Å². The minimum atomic E-state index is -0.639. The summed E-state index contributed by atoms with van der Waals surface area (Å²) in [6.07, 6.45) is 5.16. The predicted molar refractivity (Wildman–Crippen MR) is 81.0 cm³/mol. The van der Waals surface area contributed by atoms with E-state index in [1.165, 1.54) is 0 Å². The Hall–Kier alpha value is -1.65. The first-order valence-corrected chi connectivity index (χ1v) is 7.82. The molecular formula is C16H25N3O2. The van der Waals surface area contributed by atoms with Crippen LogP contribution >= 0.6 is 0 Å². The Morgan fingerprint density at radius 3 is 2.48 bits per heavy atom. The second-order valence-corrected chi connectivity index (χ2v) is 6.05. The zero-order chi connectivity index (χ0) is 15.5. The maximum absolute atomic E-state index is 12.3. The average Bonchev–Trinajstić information content (AvgIpc) is 2.76. The molecule has 1 N–H and O–H groups in total. The Balaban J connectivity index is 2.08. The van der Waals surface area contributed by atoms with Gasteiger partial charge in [-0.1, -0.05) is 26.2 Å². The molecule has 0 unspecified atom stereocenters. The summed E-state index contributed by atoms with van der Waals surface area (Å²) < 4.78 is 1.69. The predicted octanol–water partition coefficient (Wildman–Crippen LogP) is 2.30. The molecule has 0 aromatic carbocycles. The first-order chi connectivity index (χ1) is 9.97. The van der Waals surface area contributed by atoms with E-state index in [0.717, 1.165) is 43.5 Å². The van der Waals surface area contributed by atoms with E-state index in [0.29, 0.717) is 6.42 Å². The molecule has 1 fully saturated rings. The lowest BCUT2D eigenvalue weighted by molar-refractivity contribution is -0.133. The monoisotopic (exact) mass is 291 g/mol. The van der Waals surface area contributed by atoms with Crippen LogP contribution in [0.4, 0.5) is 0 Å². The highest BCUT2D eigenvalue weighted by molar-refractivity contribution is 5.92. The third kappa shape index (κ3) is 3.52. The molecule has 116 valence electrons. The second kappa shape index (κ2) is 6.41. The van der Waals surface area contributed by atoms with E-state index in [4.69, 9.17) is 0 Å². The summed E-state index contributed by atoms with van der Waals surface area (Å²) >= 11 is 0. The quantitative estimate of drug-likeness (QED) is 0.905. The first-order valence-electron chi connectivity index (χ1n) is 7.82. The van der Waals surface area contributed by atoms with Crippen molar-refractivity contribution < 1.29 is 9.59 Å². The van der Waals surface area contributed by atoms with Gasteiger partial charge in [-0.2, -0.15) is 5.10 Å². The van der Waals surface area contributed by atoms with Crippen molar-refractivity contribution in [3.8, 4) is 0 Å². The highest BCUT2D eigenvalue weighted by atomic mass is 16.2. The van der Waals surface area contributed by atoms with E-state index in [9.17, 15) is 9.59 Å². The summed E-state index contributed by atoms with van der Waals surface area (Å²) in [6, 6.07) is 1.95. The van der Waals surface area contributed by atoms with E-state index >= 15 is 0 Å². The standard InChI is InChI=1S/C16H25N3O2/c1-4-14(20)16(8-6-5-7-9-16)17-15(21)11-19-13(3)10-12(2)18-19/h10H,4-9,11H2,1-3H3,(H,17,21). The summed E-state index contributed by atoms with van der Waals surface area (Å²) in [5.41, 5.74) is 1.22. The van der Waals surface area contributed by atoms with E-state index in [2.05, 4.69) is 10.4 Å². The van der Waals surface area contributed by atoms with Gasteiger partial charge >= 0.3 is 0 Å². The fourth-order valence-corrected chi connectivity index (χ4v) is 3.24. The van der Waals surface area contributed by atoms with Gasteiger partial charge in [-0.15, -0.1) is 0 Å². The van der Waals surface area contributed by atoms with Gasteiger partial charge in [-0.25, -0.2) is 0 Å². The van der Waals surface area contributed by atoms with Gasteiger partial charge in [0.05, 0.1) is 11.2 Å². The van der Waals surface area contributed by atoms with Crippen molar-refractivity contribution in [2.24, 2.45) is 0 Å². The van der Waals surface area contributed by atoms with Crippen LogP contribution in [-0.2, 0) is 16.1 Å². The van der Waals surface area contributed by atoms with Crippen LogP contribution in [0.15, 0.2) is 6.07 Å². The molecule has 0 radical (unpaired) electrons. The van der Waals surface area contributed by atoms with Crippen LogP contribution in [-0.4, -0.2) is 27.0 Å². The zero-order valence-corrected chi connectivity index (χ0v) is 13.2. The normalized spacial score (nSPS) is 17.5. The number of nitrogens with zero attached hydrogens (tertiary/aromatic N) is 2. The van der Waals surface area contributed by atoms with Crippen LogP contribution in [0.2, 0.25) is 0 Å². The lowest BCUT2D eigenvalue weighted by Gasteiger charge is -2.36. The minimum absolute atomic E-state index is 0.120. The fraction of sp³-hybridized carbons (Fsp3) is 0.688. The van der Waals surface area contributed by atoms with Crippen molar-refractivity contribution in [2.75, 3.05) is 0 Å². The molecule has 1 amide bonds. The van der Waals surface area contributed by atoms with Crippen molar-refractivity contribution in [3.05, 3.63) is 17.5 Å². The Morgan fingerprint density at radius 2 is 1.95 bits per heavy atom. The second-order valence-electron chi connectivity index (χ2n) is 6.05. The van der Waals surface area contributed by atoms with Crippen LogP contribution in [0.1, 0.15) is 56.8 Å². The molecule has 1 saturated carbocycles. The van der Waals surface area contributed by atoms with Crippen LogP contribution in [0, 0.1) is 13.8 Å². The molecule has 1 aliphatic rings. The van der Waals surface area contributed by atoms with Crippen molar-refractivity contribution in [1.29, 1.82) is 0 Å². The van der Waals surface area contributed by atoms with Crippen molar-refractivity contribution in [2.45, 2.75) is 71.4 Å². The number of hydrogen-bond acceptors (Lipinski definition) is 3.